The third kappa shape index (κ3) is 5.20. The Hall–Kier alpha value is -2.09. The summed E-state index contributed by atoms with van der Waals surface area (Å²) in [5.74, 6) is -0.981. The number of ether oxygens (including phenoxy) is 4. The van der Waals surface area contributed by atoms with Crippen LogP contribution in [-0.2, 0) is 9.47 Å². The van der Waals surface area contributed by atoms with Gasteiger partial charge in [-0.25, -0.2) is 9.59 Å². The zero-order valence-electron chi connectivity index (χ0n) is 14.1. The van der Waals surface area contributed by atoms with Crippen molar-refractivity contribution < 1.29 is 28.5 Å². The number of benzene rings is 2. The first-order valence-corrected chi connectivity index (χ1v) is 8.64. The molecule has 26 heavy (non-hydrogen) atoms. The zero-order valence-corrected chi connectivity index (χ0v) is 16.4. The van der Waals surface area contributed by atoms with Crippen LogP contribution in [0.15, 0.2) is 40.9 Å². The molecule has 8 heteroatoms. The number of rotatable bonds is 7. The molecule has 2 aromatic rings. The van der Waals surface area contributed by atoms with Crippen molar-refractivity contribution in [1.29, 1.82) is 0 Å². The van der Waals surface area contributed by atoms with Gasteiger partial charge in [0.05, 0.1) is 13.7 Å². The number of carbonyl (C=O) groups is 2. The maximum Gasteiger partial charge on any atom is 0.347 e. The Bertz CT molecular complexity index is 808. The molecule has 0 saturated carbocycles. The largest absolute Gasteiger partial charge is 0.490 e. The maximum absolute atomic E-state index is 12.6. The first-order valence-electron chi connectivity index (χ1n) is 7.47. The third-order valence-corrected chi connectivity index (χ3v) is 3.98. The van der Waals surface area contributed by atoms with Gasteiger partial charge >= 0.3 is 11.9 Å². The van der Waals surface area contributed by atoms with Crippen molar-refractivity contribution in [2.45, 2.75) is 0 Å². The molecule has 2 rings (SSSR count). The summed E-state index contributed by atoms with van der Waals surface area (Å²) < 4.78 is 21.2. The van der Waals surface area contributed by atoms with Crippen LogP contribution >= 0.6 is 27.5 Å². The first-order chi connectivity index (χ1) is 12.5. The van der Waals surface area contributed by atoms with Crippen LogP contribution in [0.2, 0.25) is 5.02 Å². The lowest BCUT2D eigenvalue weighted by molar-refractivity contribution is 0.0593. The van der Waals surface area contributed by atoms with E-state index < -0.39 is 11.9 Å². The van der Waals surface area contributed by atoms with E-state index in [-0.39, 0.29) is 23.5 Å². The number of carbonyl (C=O) groups excluding carboxylic acids is 2. The van der Waals surface area contributed by atoms with Gasteiger partial charge in [0.1, 0.15) is 29.2 Å². The highest BCUT2D eigenvalue weighted by Crippen LogP contribution is 2.28. The van der Waals surface area contributed by atoms with E-state index in [9.17, 15) is 9.59 Å². The van der Waals surface area contributed by atoms with Crippen LogP contribution in [0.4, 0.5) is 0 Å². The fraction of sp³-hybridized carbons (Fsp3) is 0.222. The Balaban J connectivity index is 2.30. The highest BCUT2D eigenvalue weighted by atomic mass is 79.9. The van der Waals surface area contributed by atoms with Gasteiger partial charge in [0.2, 0.25) is 0 Å². The number of methoxy groups -OCH3 is 2. The van der Waals surface area contributed by atoms with Crippen molar-refractivity contribution in [3.05, 3.63) is 57.0 Å². The molecule has 0 aliphatic rings. The number of hydrogen-bond acceptors (Lipinski definition) is 6. The van der Waals surface area contributed by atoms with Crippen LogP contribution in [0.3, 0.4) is 0 Å². The summed E-state index contributed by atoms with van der Waals surface area (Å²) in [6, 6.07) is 9.25. The Morgan fingerprint density at radius 1 is 0.962 bits per heavy atom. The normalized spacial score (nSPS) is 10.3. The molecule has 6 nitrogen and oxygen atoms in total. The Morgan fingerprint density at radius 3 is 2.35 bits per heavy atom. The number of halogens is 2. The number of esters is 2. The molecule has 0 aromatic heterocycles. The molecule has 0 radical (unpaired) electrons. The van der Waals surface area contributed by atoms with Gasteiger partial charge < -0.3 is 18.9 Å². The van der Waals surface area contributed by atoms with E-state index in [1.54, 1.807) is 25.3 Å². The molecular weight excluding hydrogens is 428 g/mol. The van der Waals surface area contributed by atoms with Crippen molar-refractivity contribution >= 4 is 39.5 Å². The summed E-state index contributed by atoms with van der Waals surface area (Å²) in [6.07, 6.45) is 0. The van der Waals surface area contributed by atoms with E-state index in [2.05, 4.69) is 15.9 Å². The predicted molar refractivity (Wildman–Crippen MR) is 99.3 cm³/mol. The summed E-state index contributed by atoms with van der Waals surface area (Å²) in [4.78, 5) is 24.5. The SMILES string of the molecule is COCCOc1ccc(Br)cc1C(=O)Oc1ccc(Cl)cc1C(=O)OC. The second-order valence-corrected chi connectivity index (χ2v) is 6.36. The molecule has 0 aliphatic carbocycles. The van der Waals surface area contributed by atoms with E-state index in [0.717, 1.165) is 0 Å². The molecule has 0 saturated heterocycles. The Morgan fingerprint density at radius 2 is 1.65 bits per heavy atom. The van der Waals surface area contributed by atoms with Crippen molar-refractivity contribution in [2.24, 2.45) is 0 Å². The van der Waals surface area contributed by atoms with Crippen molar-refractivity contribution in [2.75, 3.05) is 27.4 Å². The second-order valence-electron chi connectivity index (χ2n) is 5.00. The first kappa shape index (κ1) is 20.2. The van der Waals surface area contributed by atoms with Crippen LogP contribution in [0.1, 0.15) is 20.7 Å². The standard InChI is InChI=1S/C18H16BrClO6/c1-23-7-8-25-15-5-3-11(19)9-13(15)18(22)26-16-6-4-12(20)10-14(16)17(21)24-2/h3-6,9-10H,7-8H2,1-2H3. The molecule has 0 atom stereocenters. The van der Waals surface area contributed by atoms with Crippen molar-refractivity contribution in [1.82, 2.24) is 0 Å². The molecule has 0 spiro atoms. The summed E-state index contributed by atoms with van der Waals surface area (Å²) in [5, 5.41) is 0.316. The minimum absolute atomic E-state index is 0.0362. The topological polar surface area (TPSA) is 71.1 Å². The van der Waals surface area contributed by atoms with E-state index in [4.69, 9.17) is 30.5 Å². The van der Waals surface area contributed by atoms with Crippen molar-refractivity contribution in [3.8, 4) is 11.5 Å². The molecule has 0 aliphatic heterocycles. The molecule has 0 amide bonds. The van der Waals surface area contributed by atoms with Crippen LogP contribution < -0.4 is 9.47 Å². The van der Waals surface area contributed by atoms with Gasteiger partial charge in [-0.15, -0.1) is 0 Å². The predicted octanol–water partition coefficient (Wildman–Crippen LogP) is 4.13. The van der Waals surface area contributed by atoms with Gasteiger partial charge in [-0.05, 0) is 36.4 Å². The van der Waals surface area contributed by atoms with Crippen molar-refractivity contribution in [3.63, 3.8) is 0 Å². The molecule has 0 heterocycles. The molecule has 0 fully saturated rings. The van der Waals surface area contributed by atoms with Gasteiger partial charge in [-0.2, -0.15) is 0 Å². The average Bonchev–Trinajstić information content (AvgIpc) is 2.63. The second kappa shape index (κ2) is 9.56. The fourth-order valence-corrected chi connectivity index (χ4v) is 2.57. The van der Waals surface area contributed by atoms with E-state index in [1.165, 1.54) is 25.3 Å². The van der Waals surface area contributed by atoms with Crippen LogP contribution in [-0.4, -0.2) is 39.4 Å². The molecule has 2 aromatic carbocycles. The molecular formula is C18H16BrClO6. The summed E-state index contributed by atoms with van der Waals surface area (Å²) in [5.41, 5.74) is 0.242. The monoisotopic (exact) mass is 442 g/mol. The molecule has 138 valence electrons. The van der Waals surface area contributed by atoms with E-state index in [1.807, 2.05) is 0 Å². The number of hydrogen-bond donors (Lipinski definition) is 0. The third-order valence-electron chi connectivity index (χ3n) is 3.26. The smallest absolute Gasteiger partial charge is 0.347 e. The summed E-state index contributed by atoms with van der Waals surface area (Å²) in [7, 11) is 2.78. The lowest BCUT2D eigenvalue weighted by Crippen LogP contribution is -2.15. The van der Waals surface area contributed by atoms with Crippen LogP contribution in [0.5, 0.6) is 11.5 Å². The lowest BCUT2D eigenvalue weighted by atomic mass is 10.2. The minimum atomic E-state index is -0.689. The molecule has 0 unspecified atom stereocenters. The van der Waals surface area contributed by atoms with Gasteiger partial charge in [0.25, 0.3) is 0 Å². The van der Waals surface area contributed by atoms with Gasteiger partial charge in [-0.1, -0.05) is 27.5 Å². The Labute approximate surface area is 164 Å². The Kier molecular flexibility index (Phi) is 7.44. The summed E-state index contributed by atoms with van der Waals surface area (Å²) >= 11 is 9.21. The fourth-order valence-electron chi connectivity index (χ4n) is 2.04. The highest BCUT2D eigenvalue weighted by molar-refractivity contribution is 9.10. The van der Waals surface area contributed by atoms with Gasteiger partial charge in [-0.3, -0.25) is 0 Å². The van der Waals surface area contributed by atoms with Gasteiger partial charge in [0, 0.05) is 16.6 Å². The molecule has 0 bridgehead atoms. The highest BCUT2D eigenvalue weighted by Gasteiger charge is 2.20. The zero-order chi connectivity index (χ0) is 19.1. The van der Waals surface area contributed by atoms with Crippen LogP contribution in [0.25, 0.3) is 0 Å². The van der Waals surface area contributed by atoms with Crippen LogP contribution in [0, 0.1) is 0 Å². The van der Waals surface area contributed by atoms with E-state index >= 15 is 0 Å². The maximum atomic E-state index is 12.6. The molecule has 0 N–H and O–H groups in total. The van der Waals surface area contributed by atoms with E-state index in [0.29, 0.717) is 21.9 Å². The average molecular weight is 444 g/mol. The summed E-state index contributed by atoms with van der Waals surface area (Å²) in [6.45, 7) is 0.640. The lowest BCUT2D eigenvalue weighted by Gasteiger charge is -2.13. The minimum Gasteiger partial charge on any atom is -0.490 e. The quantitative estimate of drug-likeness (QED) is 0.364. The van der Waals surface area contributed by atoms with Gasteiger partial charge in [0.15, 0.2) is 0 Å².